The predicted molar refractivity (Wildman–Crippen MR) is 84.8 cm³/mol. The molecule has 0 aliphatic heterocycles. The molecule has 112 valence electrons. The van der Waals surface area contributed by atoms with Crippen molar-refractivity contribution in [2.75, 3.05) is 12.3 Å². The number of pyridine rings is 1. The minimum Gasteiger partial charge on any atom is -0.384 e. The Hall–Kier alpha value is -1.65. The zero-order chi connectivity index (χ0) is 15.2. The Morgan fingerprint density at radius 1 is 1.33 bits per heavy atom. The number of nitrogens with two attached hydrogens (primary N) is 1. The zero-order valence-corrected chi connectivity index (χ0v) is 12.7. The summed E-state index contributed by atoms with van der Waals surface area (Å²) in [6.07, 6.45) is 3.46. The van der Waals surface area contributed by atoms with Crippen LogP contribution in [-0.4, -0.2) is 11.5 Å². The fourth-order valence-corrected chi connectivity index (χ4v) is 2.40. The van der Waals surface area contributed by atoms with E-state index in [9.17, 15) is 4.39 Å². The molecule has 0 aliphatic rings. The van der Waals surface area contributed by atoms with Crippen LogP contribution in [-0.2, 0) is 6.42 Å². The summed E-state index contributed by atoms with van der Waals surface area (Å²) in [4.78, 5) is 3.99. The highest BCUT2D eigenvalue weighted by molar-refractivity contribution is 6.30. The van der Waals surface area contributed by atoms with Crippen molar-refractivity contribution in [3.8, 4) is 0 Å². The van der Waals surface area contributed by atoms with Gasteiger partial charge in [-0.2, -0.15) is 0 Å². The average Bonchev–Trinajstić information content (AvgIpc) is 2.46. The van der Waals surface area contributed by atoms with E-state index in [-0.39, 0.29) is 11.1 Å². The van der Waals surface area contributed by atoms with Crippen molar-refractivity contribution in [2.45, 2.75) is 25.8 Å². The molecule has 2 rings (SSSR count). The third kappa shape index (κ3) is 4.41. The van der Waals surface area contributed by atoms with E-state index in [4.69, 9.17) is 17.3 Å². The van der Waals surface area contributed by atoms with Crippen LogP contribution in [0.15, 0.2) is 36.5 Å². The van der Waals surface area contributed by atoms with E-state index < -0.39 is 5.82 Å². The molecular weight excluding hydrogens is 289 g/mol. The van der Waals surface area contributed by atoms with Gasteiger partial charge in [0.25, 0.3) is 0 Å². The van der Waals surface area contributed by atoms with Crippen molar-refractivity contribution in [1.82, 2.24) is 10.3 Å². The van der Waals surface area contributed by atoms with Gasteiger partial charge in [0.15, 0.2) is 0 Å². The molecular formula is C16H19ClFN3. The van der Waals surface area contributed by atoms with Crippen LogP contribution in [0, 0.1) is 5.82 Å². The Labute approximate surface area is 129 Å². The monoisotopic (exact) mass is 307 g/mol. The predicted octanol–water partition coefficient (Wildman–Crippen LogP) is 3.74. The number of rotatable bonds is 6. The van der Waals surface area contributed by atoms with E-state index in [0.717, 1.165) is 30.5 Å². The molecule has 2 aromatic rings. The number of hydrogen-bond donors (Lipinski definition) is 2. The lowest BCUT2D eigenvalue weighted by Gasteiger charge is -2.19. The van der Waals surface area contributed by atoms with Crippen LogP contribution in [0.25, 0.3) is 0 Å². The summed E-state index contributed by atoms with van der Waals surface area (Å²) in [5, 5.41) is 3.60. The van der Waals surface area contributed by atoms with E-state index in [1.165, 1.54) is 6.07 Å². The van der Waals surface area contributed by atoms with Crippen molar-refractivity contribution in [2.24, 2.45) is 0 Å². The lowest BCUT2D eigenvalue weighted by atomic mass is 9.99. The van der Waals surface area contributed by atoms with E-state index in [2.05, 4.69) is 17.2 Å². The van der Waals surface area contributed by atoms with Gasteiger partial charge < -0.3 is 11.1 Å². The number of anilines is 1. The minimum absolute atomic E-state index is 0.0600. The minimum atomic E-state index is -0.400. The molecule has 0 spiro atoms. The molecule has 0 saturated carbocycles. The fraction of sp³-hybridized carbons (Fsp3) is 0.312. The number of benzene rings is 1. The first-order chi connectivity index (χ1) is 10.1. The second-order valence-corrected chi connectivity index (χ2v) is 5.38. The normalized spacial score (nSPS) is 12.3. The molecule has 3 N–H and O–H groups in total. The summed E-state index contributed by atoms with van der Waals surface area (Å²) in [6, 6.07) is 8.69. The quantitative estimate of drug-likeness (QED) is 0.854. The molecule has 0 amide bonds. The molecule has 21 heavy (non-hydrogen) atoms. The Morgan fingerprint density at radius 2 is 2.14 bits per heavy atom. The fourth-order valence-electron chi connectivity index (χ4n) is 2.21. The van der Waals surface area contributed by atoms with E-state index in [1.807, 2.05) is 12.1 Å². The van der Waals surface area contributed by atoms with Crippen molar-refractivity contribution < 1.29 is 4.39 Å². The van der Waals surface area contributed by atoms with Crippen LogP contribution in [0.2, 0.25) is 5.02 Å². The molecule has 1 heterocycles. The summed E-state index contributed by atoms with van der Waals surface area (Å²) < 4.78 is 13.3. The van der Waals surface area contributed by atoms with Crippen LogP contribution in [0.1, 0.15) is 30.5 Å². The third-order valence-corrected chi connectivity index (χ3v) is 3.56. The molecule has 0 fully saturated rings. The average molecular weight is 308 g/mol. The molecule has 0 saturated heterocycles. The molecule has 5 heteroatoms. The van der Waals surface area contributed by atoms with E-state index in [1.54, 1.807) is 18.3 Å². The maximum Gasteiger partial charge on any atom is 0.141 e. The first-order valence-electron chi connectivity index (χ1n) is 6.99. The lowest BCUT2D eigenvalue weighted by molar-refractivity contribution is 0.527. The Morgan fingerprint density at radius 3 is 2.81 bits per heavy atom. The van der Waals surface area contributed by atoms with Gasteiger partial charge in [0.1, 0.15) is 11.6 Å². The number of nitrogens with one attached hydrogen (secondary N) is 1. The van der Waals surface area contributed by atoms with Gasteiger partial charge in [-0.25, -0.2) is 9.37 Å². The first kappa shape index (κ1) is 15.7. The lowest BCUT2D eigenvalue weighted by Crippen LogP contribution is -2.24. The molecule has 3 nitrogen and oxygen atoms in total. The van der Waals surface area contributed by atoms with Gasteiger partial charge in [-0.05, 0) is 54.8 Å². The molecule has 0 aliphatic carbocycles. The highest BCUT2D eigenvalue weighted by Crippen LogP contribution is 2.24. The molecule has 1 atom stereocenters. The van der Waals surface area contributed by atoms with Gasteiger partial charge in [-0.1, -0.05) is 24.6 Å². The smallest absolute Gasteiger partial charge is 0.141 e. The molecule has 0 bridgehead atoms. The molecule has 1 aromatic carbocycles. The Balaban J connectivity index is 2.22. The van der Waals surface area contributed by atoms with Crippen LogP contribution < -0.4 is 11.1 Å². The standard InChI is InChI=1S/C16H19ClFN3/c1-2-6-20-15(8-11-5-7-21-16(19)9-11)12-3-4-14(18)13(17)10-12/h3-5,7,9-10,15,20H,2,6,8H2,1H3,(H2,19,21). The first-order valence-corrected chi connectivity index (χ1v) is 7.36. The molecule has 1 unspecified atom stereocenters. The number of nitrogen functional groups attached to an aromatic ring is 1. The second-order valence-electron chi connectivity index (χ2n) is 4.97. The summed E-state index contributed by atoms with van der Waals surface area (Å²) in [7, 11) is 0. The topological polar surface area (TPSA) is 50.9 Å². The van der Waals surface area contributed by atoms with Crippen LogP contribution >= 0.6 is 11.6 Å². The zero-order valence-electron chi connectivity index (χ0n) is 11.9. The number of hydrogen-bond acceptors (Lipinski definition) is 3. The summed E-state index contributed by atoms with van der Waals surface area (Å²) >= 11 is 5.89. The Kier molecular flexibility index (Phi) is 5.53. The highest BCUT2D eigenvalue weighted by atomic mass is 35.5. The maximum absolute atomic E-state index is 13.3. The van der Waals surface area contributed by atoms with Gasteiger partial charge in [-0.3, -0.25) is 0 Å². The van der Waals surface area contributed by atoms with Crippen molar-refractivity contribution >= 4 is 17.4 Å². The Bertz CT molecular complexity index is 604. The van der Waals surface area contributed by atoms with Gasteiger partial charge in [-0.15, -0.1) is 0 Å². The van der Waals surface area contributed by atoms with Crippen LogP contribution in [0.4, 0.5) is 10.2 Å². The van der Waals surface area contributed by atoms with E-state index >= 15 is 0 Å². The van der Waals surface area contributed by atoms with E-state index in [0.29, 0.717) is 5.82 Å². The summed E-state index contributed by atoms with van der Waals surface area (Å²) in [5.74, 6) is 0.0988. The van der Waals surface area contributed by atoms with Gasteiger partial charge >= 0.3 is 0 Å². The van der Waals surface area contributed by atoms with Crippen LogP contribution in [0.3, 0.4) is 0 Å². The molecule has 0 radical (unpaired) electrons. The van der Waals surface area contributed by atoms with Gasteiger partial charge in [0.2, 0.25) is 0 Å². The third-order valence-electron chi connectivity index (χ3n) is 3.27. The van der Waals surface area contributed by atoms with Crippen molar-refractivity contribution in [1.29, 1.82) is 0 Å². The largest absolute Gasteiger partial charge is 0.384 e. The highest BCUT2D eigenvalue weighted by Gasteiger charge is 2.13. The summed E-state index contributed by atoms with van der Waals surface area (Å²) in [6.45, 7) is 2.98. The number of aromatic nitrogens is 1. The van der Waals surface area contributed by atoms with Crippen LogP contribution in [0.5, 0.6) is 0 Å². The molecule has 1 aromatic heterocycles. The number of halogens is 2. The van der Waals surface area contributed by atoms with Gasteiger partial charge in [0.05, 0.1) is 5.02 Å². The summed E-state index contributed by atoms with van der Waals surface area (Å²) in [5.41, 5.74) is 7.76. The number of nitrogens with zero attached hydrogens (tertiary/aromatic N) is 1. The second kappa shape index (κ2) is 7.38. The van der Waals surface area contributed by atoms with Crippen molar-refractivity contribution in [3.63, 3.8) is 0 Å². The van der Waals surface area contributed by atoms with Crippen molar-refractivity contribution in [3.05, 3.63) is 58.5 Å². The maximum atomic E-state index is 13.3. The SMILES string of the molecule is CCCNC(Cc1ccnc(N)c1)c1ccc(F)c(Cl)c1. The van der Waals surface area contributed by atoms with Gasteiger partial charge in [0, 0.05) is 12.2 Å².